The molecule has 3 heterocycles. The highest BCUT2D eigenvalue weighted by Gasteiger charge is 2.50. The smallest absolute Gasteiger partial charge is 0.255 e. The molecule has 6 nitrogen and oxygen atoms in total. The highest BCUT2D eigenvalue weighted by molar-refractivity contribution is 5.96. The first-order chi connectivity index (χ1) is 10.9. The van der Waals surface area contributed by atoms with E-state index < -0.39 is 11.5 Å². The minimum Gasteiger partial charge on any atom is -0.392 e. The molecule has 0 bridgehead atoms. The average molecular weight is 319 g/mol. The van der Waals surface area contributed by atoms with E-state index in [1.165, 1.54) is 0 Å². The Balaban J connectivity index is 1.87. The van der Waals surface area contributed by atoms with Gasteiger partial charge < -0.3 is 19.9 Å². The average Bonchev–Trinajstić information content (AvgIpc) is 2.79. The van der Waals surface area contributed by atoms with Crippen LogP contribution < -0.4 is 5.32 Å². The van der Waals surface area contributed by atoms with Crippen LogP contribution in [0.25, 0.3) is 0 Å². The van der Waals surface area contributed by atoms with Gasteiger partial charge in [0, 0.05) is 38.1 Å². The minimum atomic E-state index is -0.843. The monoisotopic (exact) mass is 319 g/mol. The number of amides is 2. The summed E-state index contributed by atoms with van der Waals surface area (Å²) in [7, 11) is 1.94. The van der Waals surface area contributed by atoms with E-state index >= 15 is 0 Å². The van der Waals surface area contributed by atoms with Crippen LogP contribution >= 0.6 is 0 Å². The number of nitrogens with zero attached hydrogens (tertiary/aromatic N) is 2. The van der Waals surface area contributed by atoms with Crippen molar-refractivity contribution < 1.29 is 14.7 Å². The fraction of sp³-hybridized carbons (Fsp3) is 0.647. The van der Waals surface area contributed by atoms with Crippen molar-refractivity contribution >= 4 is 11.8 Å². The lowest BCUT2D eigenvalue weighted by molar-refractivity contribution is -0.147. The van der Waals surface area contributed by atoms with E-state index in [0.29, 0.717) is 38.0 Å². The predicted molar refractivity (Wildman–Crippen MR) is 86.1 cm³/mol. The number of aryl methyl sites for hydroxylation is 1. The van der Waals surface area contributed by atoms with Crippen LogP contribution in [-0.2, 0) is 11.8 Å². The lowest BCUT2D eigenvalue weighted by Crippen LogP contribution is -2.62. The molecule has 1 spiro atoms. The lowest BCUT2D eigenvalue weighted by atomic mass is 9.71. The van der Waals surface area contributed by atoms with Crippen molar-refractivity contribution in [2.45, 2.75) is 39.2 Å². The molecule has 0 aliphatic carbocycles. The second kappa shape index (κ2) is 5.67. The molecule has 126 valence electrons. The molecule has 2 aliphatic rings. The number of carbonyl (C=O) groups excluding carboxylic acids is 2. The molecule has 0 saturated carbocycles. The molecule has 0 aromatic carbocycles. The number of nitrogens with one attached hydrogen (secondary N) is 1. The zero-order chi connectivity index (χ0) is 16.8. The summed E-state index contributed by atoms with van der Waals surface area (Å²) in [5, 5.41) is 13.3. The summed E-state index contributed by atoms with van der Waals surface area (Å²) in [5.41, 5.74) is 1.81. The highest BCUT2D eigenvalue weighted by Crippen LogP contribution is 2.37. The first-order valence-electron chi connectivity index (χ1n) is 8.25. The predicted octanol–water partition coefficient (Wildman–Crippen LogP) is 0.745. The number of aliphatic hydroxyl groups is 1. The minimum absolute atomic E-state index is 0.0455. The molecule has 2 N–H and O–H groups in total. The third kappa shape index (κ3) is 2.45. The summed E-state index contributed by atoms with van der Waals surface area (Å²) in [6.07, 6.45) is 1.25. The van der Waals surface area contributed by atoms with Crippen molar-refractivity contribution in [2.24, 2.45) is 12.5 Å². The van der Waals surface area contributed by atoms with Gasteiger partial charge in [0.1, 0.15) is 0 Å². The van der Waals surface area contributed by atoms with E-state index in [-0.39, 0.29) is 11.8 Å². The molecule has 3 rings (SSSR count). The molecule has 1 aromatic rings. The van der Waals surface area contributed by atoms with E-state index in [1.807, 2.05) is 31.5 Å². The SMILES string of the molecule is Cc1cc(C(=O)N2CC[C@H](O)[C@@]3(CCCNC3=O)C2)c(C)n1C. The van der Waals surface area contributed by atoms with Crippen molar-refractivity contribution in [1.29, 1.82) is 0 Å². The van der Waals surface area contributed by atoms with Gasteiger partial charge in [-0.25, -0.2) is 0 Å². The van der Waals surface area contributed by atoms with Gasteiger partial charge in [0.15, 0.2) is 0 Å². The number of hydrogen-bond acceptors (Lipinski definition) is 3. The topological polar surface area (TPSA) is 74.6 Å². The number of likely N-dealkylation sites (tertiary alicyclic amines) is 1. The van der Waals surface area contributed by atoms with Gasteiger partial charge in [-0.2, -0.15) is 0 Å². The number of aromatic nitrogens is 1. The molecule has 2 saturated heterocycles. The van der Waals surface area contributed by atoms with Gasteiger partial charge in [0.2, 0.25) is 5.91 Å². The zero-order valence-corrected chi connectivity index (χ0v) is 14.1. The Bertz CT molecular complexity index is 652. The summed E-state index contributed by atoms with van der Waals surface area (Å²) in [6.45, 7) is 5.34. The standard InChI is InChI=1S/C17H25N3O3/c1-11-9-13(12(2)19(11)3)15(22)20-8-5-14(21)17(10-20)6-4-7-18-16(17)23/h9,14,21H,4-8,10H2,1-3H3,(H,18,23)/t14-,17+/m0/s1. The third-order valence-corrected chi connectivity index (χ3v) is 5.61. The molecule has 2 fully saturated rings. The van der Waals surface area contributed by atoms with Crippen LogP contribution in [0.4, 0.5) is 0 Å². The number of rotatable bonds is 1. The second-order valence-electron chi connectivity index (χ2n) is 6.89. The quantitative estimate of drug-likeness (QED) is 0.802. The fourth-order valence-electron chi connectivity index (χ4n) is 3.86. The van der Waals surface area contributed by atoms with Crippen LogP contribution in [0.1, 0.15) is 41.0 Å². The Morgan fingerprint density at radius 1 is 1.43 bits per heavy atom. The summed E-state index contributed by atoms with van der Waals surface area (Å²) in [6, 6.07) is 1.90. The van der Waals surface area contributed by atoms with E-state index in [1.54, 1.807) is 4.90 Å². The zero-order valence-electron chi connectivity index (χ0n) is 14.1. The van der Waals surface area contributed by atoms with Crippen molar-refractivity contribution in [3.63, 3.8) is 0 Å². The largest absolute Gasteiger partial charge is 0.392 e. The summed E-state index contributed by atoms with van der Waals surface area (Å²) in [5.74, 6) is -0.162. The molecule has 23 heavy (non-hydrogen) atoms. The maximum Gasteiger partial charge on any atom is 0.255 e. The van der Waals surface area contributed by atoms with Crippen molar-refractivity contribution in [2.75, 3.05) is 19.6 Å². The molecule has 6 heteroatoms. The number of aliphatic hydroxyl groups excluding tert-OH is 1. The normalized spacial score (nSPS) is 28.1. The van der Waals surface area contributed by atoms with Gasteiger partial charge in [-0.3, -0.25) is 9.59 Å². The van der Waals surface area contributed by atoms with Crippen LogP contribution in [0.3, 0.4) is 0 Å². The Morgan fingerprint density at radius 2 is 2.17 bits per heavy atom. The van der Waals surface area contributed by atoms with Crippen LogP contribution in [0, 0.1) is 19.3 Å². The summed E-state index contributed by atoms with van der Waals surface area (Å²) in [4.78, 5) is 27.1. The van der Waals surface area contributed by atoms with Crippen LogP contribution in [-0.4, -0.2) is 52.1 Å². The van der Waals surface area contributed by atoms with E-state index in [0.717, 1.165) is 17.8 Å². The van der Waals surface area contributed by atoms with Gasteiger partial charge in [-0.05, 0) is 39.2 Å². The van der Waals surface area contributed by atoms with Crippen LogP contribution in [0.5, 0.6) is 0 Å². The lowest BCUT2D eigenvalue weighted by Gasteiger charge is -2.46. The number of carbonyl (C=O) groups is 2. The summed E-state index contributed by atoms with van der Waals surface area (Å²) < 4.78 is 2.00. The molecular formula is C17H25N3O3. The first kappa shape index (κ1) is 16.1. The maximum absolute atomic E-state index is 12.9. The van der Waals surface area contributed by atoms with Crippen LogP contribution in [0.2, 0.25) is 0 Å². The molecular weight excluding hydrogens is 294 g/mol. The Hall–Kier alpha value is -1.82. The molecule has 0 radical (unpaired) electrons. The molecule has 0 unspecified atom stereocenters. The van der Waals surface area contributed by atoms with Gasteiger partial charge in [-0.15, -0.1) is 0 Å². The van der Waals surface area contributed by atoms with E-state index in [2.05, 4.69) is 5.32 Å². The van der Waals surface area contributed by atoms with Gasteiger partial charge in [-0.1, -0.05) is 0 Å². The van der Waals surface area contributed by atoms with Crippen molar-refractivity contribution in [3.05, 3.63) is 23.0 Å². The Labute approximate surface area is 136 Å². The third-order valence-electron chi connectivity index (χ3n) is 5.61. The van der Waals surface area contributed by atoms with E-state index in [9.17, 15) is 14.7 Å². The van der Waals surface area contributed by atoms with E-state index in [4.69, 9.17) is 0 Å². The number of piperidine rings is 2. The van der Waals surface area contributed by atoms with Crippen molar-refractivity contribution in [1.82, 2.24) is 14.8 Å². The molecule has 2 aliphatic heterocycles. The van der Waals surface area contributed by atoms with Crippen molar-refractivity contribution in [3.8, 4) is 0 Å². The van der Waals surface area contributed by atoms with Gasteiger partial charge >= 0.3 is 0 Å². The molecule has 2 amide bonds. The molecule has 1 aromatic heterocycles. The van der Waals surface area contributed by atoms with Crippen LogP contribution in [0.15, 0.2) is 6.07 Å². The highest BCUT2D eigenvalue weighted by atomic mass is 16.3. The van der Waals surface area contributed by atoms with Gasteiger partial charge in [0.25, 0.3) is 5.91 Å². The Morgan fingerprint density at radius 3 is 2.78 bits per heavy atom. The Kier molecular flexibility index (Phi) is 3.96. The maximum atomic E-state index is 12.9. The fourth-order valence-corrected chi connectivity index (χ4v) is 3.86. The number of hydrogen-bond donors (Lipinski definition) is 2. The first-order valence-corrected chi connectivity index (χ1v) is 8.25. The summed E-state index contributed by atoms with van der Waals surface area (Å²) >= 11 is 0. The molecule has 2 atom stereocenters. The van der Waals surface area contributed by atoms with Gasteiger partial charge in [0.05, 0.1) is 17.1 Å². The second-order valence-corrected chi connectivity index (χ2v) is 6.89.